The van der Waals surface area contributed by atoms with Crippen LogP contribution in [0.5, 0.6) is 5.75 Å². The SMILES string of the molecule is O=C(C[C@H]1Sc2ccccc2NC1=O)OCCOc1c(Cl)cccc1Cl. The predicted molar refractivity (Wildman–Crippen MR) is 102 cm³/mol. The summed E-state index contributed by atoms with van der Waals surface area (Å²) in [5.41, 5.74) is 0.761. The topological polar surface area (TPSA) is 64.6 Å². The lowest BCUT2D eigenvalue weighted by Crippen LogP contribution is -2.31. The number of carbonyl (C=O) groups excluding carboxylic acids is 2. The molecule has 1 heterocycles. The average molecular weight is 412 g/mol. The van der Waals surface area contributed by atoms with Gasteiger partial charge in [-0.15, -0.1) is 11.8 Å². The number of thioether (sulfide) groups is 1. The second kappa shape index (κ2) is 8.66. The van der Waals surface area contributed by atoms with Crippen LogP contribution in [0.2, 0.25) is 10.0 Å². The van der Waals surface area contributed by atoms with Gasteiger partial charge in [0.05, 0.1) is 27.4 Å². The molecule has 1 aliphatic rings. The number of benzene rings is 2. The van der Waals surface area contributed by atoms with Gasteiger partial charge in [-0.25, -0.2) is 0 Å². The van der Waals surface area contributed by atoms with Crippen LogP contribution in [0.15, 0.2) is 47.4 Å². The molecule has 0 saturated carbocycles. The number of halogens is 2. The van der Waals surface area contributed by atoms with Crippen LogP contribution in [-0.2, 0) is 14.3 Å². The molecular formula is C18H15Cl2NO4S. The number of esters is 1. The van der Waals surface area contributed by atoms with Gasteiger partial charge >= 0.3 is 5.97 Å². The molecule has 26 heavy (non-hydrogen) atoms. The van der Waals surface area contributed by atoms with Gasteiger partial charge in [-0.1, -0.05) is 41.4 Å². The minimum absolute atomic E-state index is 0.0162. The van der Waals surface area contributed by atoms with Crippen molar-refractivity contribution < 1.29 is 19.1 Å². The van der Waals surface area contributed by atoms with E-state index < -0.39 is 11.2 Å². The lowest BCUT2D eigenvalue weighted by Gasteiger charge is -2.23. The maximum Gasteiger partial charge on any atom is 0.307 e. The Kier molecular flexibility index (Phi) is 6.29. The van der Waals surface area contributed by atoms with E-state index in [1.54, 1.807) is 18.2 Å². The van der Waals surface area contributed by atoms with Gasteiger partial charge < -0.3 is 14.8 Å². The Morgan fingerprint density at radius 1 is 1.08 bits per heavy atom. The lowest BCUT2D eigenvalue weighted by atomic mass is 10.2. The number of fused-ring (bicyclic) bond motifs is 1. The monoisotopic (exact) mass is 411 g/mol. The van der Waals surface area contributed by atoms with Crippen molar-refractivity contribution in [2.75, 3.05) is 18.5 Å². The molecule has 1 atom stereocenters. The van der Waals surface area contributed by atoms with Crippen molar-refractivity contribution in [3.63, 3.8) is 0 Å². The largest absolute Gasteiger partial charge is 0.487 e. The molecule has 2 aromatic rings. The number of carbonyl (C=O) groups is 2. The van der Waals surface area contributed by atoms with Gasteiger partial charge in [0.1, 0.15) is 13.2 Å². The fourth-order valence-corrected chi connectivity index (χ4v) is 3.96. The second-order valence-electron chi connectivity index (χ2n) is 5.42. The Labute approximate surface area is 165 Å². The minimum Gasteiger partial charge on any atom is -0.487 e. The Morgan fingerprint density at radius 2 is 1.81 bits per heavy atom. The molecule has 0 fully saturated rings. The number of hydrogen-bond acceptors (Lipinski definition) is 5. The summed E-state index contributed by atoms with van der Waals surface area (Å²) in [6.07, 6.45) is -0.0162. The van der Waals surface area contributed by atoms with Crippen LogP contribution in [0.3, 0.4) is 0 Å². The van der Waals surface area contributed by atoms with Crippen molar-refractivity contribution >= 4 is 52.5 Å². The van der Waals surface area contributed by atoms with Crippen LogP contribution in [0.25, 0.3) is 0 Å². The van der Waals surface area contributed by atoms with E-state index in [4.69, 9.17) is 32.7 Å². The lowest BCUT2D eigenvalue weighted by molar-refractivity contribution is -0.145. The number of rotatable bonds is 6. The number of anilines is 1. The van der Waals surface area contributed by atoms with Gasteiger partial charge in [0.2, 0.25) is 5.91 Å². The highest BCUT2D eigenvalue weighted by Crippen LogP contribution is 2.36. The average Bonchev–Trinajstić information content (AvgIpc) is 2.61. The van der Waals surface area contributed by atoms with Crippen LogP contribution >= 0.6 is 35.0 Å². The van der Waals surface area contributed by atoms with Gasteiger partial charge in [-0.05, 0) is 24.3 Å². The summed E-state index contributed by atoms with van der Waals surface area (Å²) < 4.78 is 10.6. The van der Waals surface area contributed by atoms with Crippen LogP contribution < -0.4 is 10.1 Å². The molecule has 5 nitrogen and oxygen atoms in total. The molecule has 0 spiro atoms. The van der Waals surface area contributed by atoms with E-state index in [1.807, 2.05) is 24.3 Å². The smallest absolute Gasteiger partial charge is 0.307 e. The first-order valence-corrected chi connectivity index (χ1v) is 9.47. The molecule has 1 aliphatic heterocycles. The first-order chi connectivity index (χ1) is 12.5. The highest BCUT2D eigenvalue weighted by Gasteiger charge is 2.29. The Balaban J connectivity index is 1.45. The summed E-state index contributed by atoms with van der Waals surface area (Å²) in [5, 5.41) is 3.05. The zero-order chi connectivity index (χ0) is 18.5. The Hall–Kier alpha value is -1.89. The molecule has 0 unspecified atom stereocenters. The van der Waals surface area contributed by atoms with Crippen LogP contribution in [-0.4, -0.2) is 30.3 Å². The van der Waals surface area contributed by atoms with Crippen LogP contribution in [0, 0.1) is 0 Å². The molecule has 1 amide bonds. The quantitative estimate of drug-likeness (QED) is 0.562. The Morgan fingerprint density at radius 3 is 2.58 bits per heavy atom. The van der Waals surface area contributed by atoms with E-state index in [0.29, 0.717) is 15.8 Å². The summed E-state index contributed by atoms with van der Waals surface area (Å²) in [5.74, 6) is -0.318. The molecule has 1 N–H and O–H groups in total. The number of para-hydroxylation sites is 2. The number of amides is 1. The highest BCUT2D eigenvalue weighted by atomic mass is 35.5. The standard InChI is InChI=1S/C18H15Cl2NO4S/c19-11-4-3-5-12(20)17(11)25-9-8-24-16(22)10-15-18(23)21-13-6-1-2-7-14(13)26-15/h1-7,15H,8-10H2,(H,21,23)/t15-/m1/s1. The second-order valence-corrected chi connectivity index (χ2v) is 7.47. The molecule has 0 aromatic heterocycles. The van der Waals surface area contributed by atoms with E-state index in [0.717, 1.165) is 10.6 Å². The van der Waals surface area contributed by atoms with E-state index in [2.05, 4.69) is 5.32 Å². The maximum atomic E-state index is 12.1. The summed E-state index contributed by atoms with van der Waals surface area (Å²) in [4.78, 5) is 25.0. The molecule has 0 bridgehead atoms. The maximum absolute atomic E-state index is 12.1. The molecule has 0 saturated heterocycles. The van der Waals surface area contributed by atoms with Gasteiger partial charge in [0, 0.05) is 4.90 Å². The molecule has 0 radical (unpaired) electrons. The van der Waals surface area contributed by atoms with Crippen molar-refractivity contribution in [2.45, 2.75) is 16.6 Å². The molecule has 136 valence electrons. The third-order valence-corrected chi connectivity index (χ3v) is 5.44. The van der Waals surface area contributed by atoms with Gasteiger partial charge in [-0.3, -0.25) is 9.59 Å². The fourth-order valence-electron chi connectivity index (χ4n) is 2.36. The van der Waals surface area contributed by atoms with Crippen LogP contribution in [0.1, 0.15) is 6.42 Å². The van der Waals surface area contributed by atoms with Gasteiger partial charge in [0.25, 0.3) is 0 Å². The van der Waals surface area contributed by atoms with Crippen molar-refractivity contribution in [1.82, 2.24) is 0 Å². The third-order valence-electron chi connectivity index (χ3n) is 3.57. The van der Waals surface area contributed by atoms with E-state index in [9.17, 15) is 9.59 Å². The number of nitrogens with one attached hydrogen (secondary N) is 1. The molecule has 2 aromatic carbocycles. The normalized spacial score (nSPS) is 15.8. The van der Waals surface area contributed by atoms with Crippen molar-refractivity contribution in [2.24, 2.45) is 0 Å². The van der Waals surface area contributed by atoms with Gasteiger partial charge in [-0.2, -0.15) is 0 Å². The first kappa shape index (κ1) is 18.9. The van der Waals surface area contributed by atoms with E-state index in [-0.39, 0.29) is 25.5 Å². The minimum atomic E-state index is -0.517. The van der Waals surface area contributed by atoms with E-state index in [1.165, 1.54) is 11.8 Å². The van der Waals surface area contributed by atoms with Crippen molar-refractivity contribution in [3.8, 4) is 5.75 Å². The summed E-state index contributed by atoms with van der Waals surface area (Å²) in [7, 11) is 0. The fraction of sp³-hybridized carbons (Fsp3) is 0.222. The zero-order valence-electron chi connectivity index (χ0n) is 13.5. The number of ether oxygens (including phenoxy) is 2. The van der Waals surface area contributed by atoms with Crippen molar-refractivity contribution in [1.29, 1.82) is 0 Å². The first-order valence-electron chi connectivity index (χ1n) is 7.83. The predicted octanol–water partition coefficient (Wildman–Crippen LogP) is 4.42. The Bertz CT molecular complexity index is 810. The van der Waals surface area contributed by atoms with Gasteiger partial charge in [0.15, 0.2) is 5.75 Å². The molecule has 8 heteroatoms. The third kappa shape index (κ3) is 4.63. The zero-order valence-corrected chi connectivity index (χ0v) is 15.9. The number of hydrogen-bond donors (Lipinski definition) is 1. The summed E-state index contributed by atoms with van der Waals surface area (Å²) in [6, 6.07) is 12.5. The molecular weight excluding hydrogens is 397 g/mol. The summed E-state index contributed by atoms with van der Waals surface area (Å²) >= 11 is 13.3. The summed E-state index contributed by atoms with van der Waals surface area (Å²) in [6.45, 7) is 0.151. The van der Waals surface area contributed by atoms with Crippen LogP contribution in [0.4, 0.5) is 5.69 Å². The van der Waals surface area contributed by atoms with E-state index >= 15 is 0 Å². The molecule has 0 aliphatic carbocycles. The van der Waals surface area contributed by atoms with Crippen molar-refractivity contribution in [3.05, 3.63) is 52.5 Å². The molecule has 3 rings (SSSR count). The highest BCUT2D eigenvalue weighted by molar-refractivity contribution is 8.01.